The van der Waals surface area contributed by atoms with Gasteiger partial charge in [-0.15, -0.1) is 0 Å². The second kappa shape index (κ2) is 10.0. The van der Waals surface area contributed by atoms with Gasteiger partial charge in [0, 0.05) is 0 Å². The molecule has 0 aromatic heterocycles. The molecule has 1 nitrogen and oxygen atoms in total. The van der Waals surface area contributed by atoms with Crippen molar-refractivity contribution in [2.24, 2.45) is 0 Å². The lowest BCUT2D eigenvalue weighted by Crippen LogP contribution is -2.24. The Kier molecular flexibility index (Phi) is 10.3. The Bertz CT molecular complexity index is 118. The summed E-state index contributed by atoms with van der Waals surface area (Å²) in [5.74, 6) is 0. The zero-order valence-electron chi connectivity index (χ0n) is 10.1. The van der Waals surface area contributed by atoms with Crippen LogP contribution in [0.25, 0.3) is 0 Å². The van der Waals surface area contributed by atoms with Gasteiger partial charge >= 0.3 is 0 Å². The van der Waals surface area contributed by atoms with Gasteiger partial charge in [-0.1, -0.05) is 33.6 Å². The zero-order valence-corrected chi connectivity index (χ0v) is 12.0. The van der Waals surface area contributed by atoms with Crippen molar-refractivity contribution >= 4 is 19.2 Å². The molecule has 0 radical (unpaired) electrons. The van der Waals surface area contributed by atoms with Crippen LogP contribution in [-0.4, -0.2) is 32.6 Å². The van der Waals surface area contributed by atoms with Crippen LogP contribution in [-0.2, 0) is 0 Å². The lowest BCUT2D eigenvalue weighted by Gasteiger charge is -2.17. The van der Waals surface area contributed by atoms with Crippen molar-refractivity contribution in [3.05, 3.63) is 0 Å². The first-order valence-electron chi connectivity index (χ1n) is 6.10. The first kappa shape index (κ1) is 14.5. The smallest absolute Gasteiger partial charge is 0.141 e. The predicted molar refractivity (Wildman–Crippen MR) is 69.9 cm³/mol. The molecule has 0 aliphatic rings. The summed E-state index contributed by atoms with van der Waals surface area (Å²) in [6.45, 7) is 10.3. The first-order valence-corrected chi connectivity index (χ1v) is 9.48. The summed E-state index contributed by atoms with van der Waals surface area (Å²) in [6, 6.07) is 2.64. The van der Waals surface area contributed by atoms with Crippen molar-refractivity contribution in [3.63, 3.8) is 0 Å². The molecular formula is C11H26ClNSi. The van der Waals surface area contributed by atoms with Crippen LogP contribution in [0.5, 0.6) is 0 Å². The van der Waals surface area contributed by atoms with Crippen molar-refractivity contribution in [2.45, 2.75) is 52.1 Å². The topological polar surface area (TPSA) is 3.24 Å². The molecule has 3 heteroatoms. The van der Waals surface area contributed by atoms with Gasteiger partial charge in [0.2, 0.25) is 0 Å². The van der Waals surface area contributed by atoms with Crippen LogP contribution < -0.4 is 0 Å². The summed E-state index contributed by atoms with van der Waals surface area (Å²) in [4.78, 5) is 2.49. The highest BCUT2D eigenvalue weighted by Gasteiger charge is 2.05. The van der Waals surface area contributed by atoms with Crippen LogP contribution in [0.2, 0.25) is 12.1 Å². The molecule has 0 aliphatic carbocycles. The fourth-order valence-electron chi connectivity index (χ4n) is 1.70. The average molecular weight is 236 g/mol. The molecule has 1 unspecified atom stereocenters. The van der Waals surface area contributed by atoms with E-state index in [1.54, 1.807) is 0 Å². The Labute approximate surface area is 96.1 Å². The van der Waals surface area contributed by atoms with Crippen LogP contribution >= 0.6 is 11.1 Å². The molecule has 0 rings (SSSR count). The van der Waals surface area contributed by atoms with Crippen molar-refractivity contribution in [3.8, 4) is 0 Å². The molecule has 0 aliphatic heterocycles. The van der Waals surface area contributed by atoms with Crippen LogP contribution in [0.1, 0.15) is 40.0 Å². The van der Waals surface area contributed by atoms with E-state index in [0.717, 1.165) is 0 Å². The Hall–Kier alpha value is 0.467. The summed E-state index contributed by atoms with van der Waals surface area (Å²) in [7, 11) is -0.829. The number of unbranched alkanes of at least 4 members (excludes halogenated alkanes) is 1. The lowest BCUT2D eigenvalue weighted by molar-refractivity contribution is 0.298. The highest BCUT2D eigenvalue weighted by Crippen LogP contribution is 2.11. The molecule has 0 bridgehead atoms. The summed E-state index contributed by atoms with van der Waals surface area (Å²) >= 11 is 6.29. The van der Waals surface area contributed by atoms with E-state index in [-0.39, 0.29) is 0 Å². The largest absolute Gasteiger partial charge is 0.304 e. The fourth-order valence-corrected chi connectivity index (χ4v) is 4.46. The van der Waals surface area contributed by atoms with E-state index in [1.165, 1.54) is 51.0 Å². The van der Waals surface area contributed by atoms with Gasteiger partial charge in [0.05, 0.1) is 0 Å². The van der Waals surface area contributed by atoms with Gasteiger partial charge in [-0.2, -0.15) is 11.1 Å². The monoisotopic (exact) mass is 235 g/mol. The van der Waals surface area contributed by atoms with E-state index in [2.05, 4.69) is 25.7 Å². The fraction of sp³-hybridized carbons (Fsp3) is 1.00. The Balaban J connectivity index is 3.27. The van der Waals surface area contributed by atoms with Crippen LogP contribution in [0.4, 0.5) is 0 Å². The molecule has 0 amide bonds. The maximum absolute atomic E-state index is 6.29. The highest BCUT2D eigenvalue weighted by atomic mass is 35.6. The van der Waals surface area contributed by atoms with Crippen LogP contribution in [0.15, 0.2) is 0 Å². The minimum atomic E-state index is -0.829. The second-order valence-electron chi connectivity index (χ2n) is 3.91. The van der Waals surface area contributed by atoms with E-state index in [9.17, 15) is 0 Å². The molecule has 0 aromatic rings. The molecular weight excluding hydrogens is 210 g/mol. The summed E-state index contributed by atoms with van der Waals surface area (Å²) < 4.78 is 0. The third-order valence-corrected chi connectivity index (χ3v) is 6.29. The Morgan fingerprint density at radius 3 is 2.14 bits per heavy atom. The number of nitrogens with zero attached hydrogens (tertiary/aromatic N) is 1. The minimum Gasteiger partial charge on any atom is -0.304 e. The van der Waals surface area contributed by atoms with Gasteiger partial charge in [-0.3, -0.25) is 0 Å². The molecule has 0 fully saturated rings. The normalized spacial score (nSPS) is 13.5. The molecule has 0 heterocycles. The van der Waals surface area contributed by atoms with E-state index < -0.39 is 8.11 Å². The van der Waals surface area contributed by atoms with Gasteiger partial charge < -0.3 is 4.90 Å². The standard InChI is InChI=1S/C11H26ClNSi/c1-4-10-14(12)11-8-7-9-13(5-2)6-3/h14H,4-11H2,1-3H3. The van der Waals surface area contributed by atoms with Crippen molar-refractivity contribution < 1.29 is 0 Å². The Morgan fingerprint density at radius 2 is 1.64 bits per heavy atom. The molecule has 0 saturated carbocycles. The van der Waals surface area contributed by atoms with E-state index in [1.807, 2.05) is 0 Å². The molecule has 0 spiro atoms. The average Bonchev–Trinajstić information content (AvgIpc) is 2.19. The lowest BCUT2D eigenvalue weighted by atomic mass is 10.3. The van der Waals surface area contributed by atoms with Crippen LogP contribution in [0, 0.1) is 0 Å². The first-order chi connectivity index (χ1) is 6.74. The Morgan fingerprint density at radius 1 is 1.00 bits per heavy atom. The van der Waals surface area contributed by atoms with Gasteiger partial charge in [0.1, 0.15) is 8.11 Å². The number of halogens is 1. The van der Waals surface area contributed by atoms with Gasteiger partial charge in [0.15, 0.2) is 0 Å². The number of hydrogen-bond donors (Lipinski definition) is 0. The molecule has 0 aromatic carbocycles. The van der Waals surface area contributed by atoms with Crippen LogP contribution in [0.3, 0.4) is 0 Å². The molecule has 14 heavy (non-hydrogen) atoms. The summed E-state index contributed by atoms with van der Waals surface area (Å²) in [5, 5.41) is 0. The zero-order chi connectivity index (χ0) is 10.8. The van der Waals surface area contributed by atoms with E-state index in [4.69, 9.17) is 11.1 Å². The SMILES string of the molecule is CCC[SiH](Cl)CCCCN(CC)CC. The second-order valence-corrected chi connectivity index (χ2v) is 8.11. The van der Waals surface area contributed by atoms with Crippen molar-refractivity contribution in [1.29, 1.82) is 0 Å². The third-order valence-electron chi connectivity index (χ3n) is 2.74. The maximum atomic E-state index is 6.29. The van der Waals surface area contributed by atoms with E-state index >= 15 is 0 Å². The molecule has 1 atom stereocenters. The number of hydrogen-bond acceptors (Lipinski definition) is 1. The molecule has 0 saturated heterocycles. The van der Waals surface area contributed by atoms with Crippen molar-refractivity contribution in [2.75, 3.05) is 19.6 Å². The molecule has 86 valence electrons. The predicted octanol–water partition coefficient (Wildman–Crippen LogP) is 3.48. The molecule has 0 N–H and O–H groups in total. The maximum Gasteiger partial charge on any atom is 0.141 e. The van der Waals surface area contributed by atoms with Gasteiger partial charge in [-0.05, 0) is 38.1 Å². The number of rotatable bonds is 9. The van der Waals surface area contributed by atoms with E-state index in [0.29, 0.717) is 0 Å². The summed E-state index contributed by atoms with van der Waals surface area (Å²) in [5.41, 5.74) is 0. The third kappa shape index (κ3) is 7.83. The quantitative estimate of drug-likeness (QED) is 0.336. The van der Waals surface area contributed by atoms with Gasteiger partial charge in [-0.25, -0.2) is 0 Å². The van der Waals surface area contributed by atoms with Crippen molar-refractivity contribution in [1.82, 2.24) is 4.90 Å². The minimum absolute atomic E-state index is 0.829. The van der Waals surface area contributed by atoms with Gasteiger partial charge in [0.25, 0.3) is 0 Å². The summed E-state index contributed by atoms with van der Waals surface area (Å²) in [6.07, 6.45) is 3.95. The highest BCUT2D eigenvalue weighted by molar-refractivity contribution is 7.06.